The second-order valence-electron chi connectivity index (χ2n) is 10.2. The van der Waals surface area contributed by atoms with Crippen molar-refractivity contribution in [3.63, 3.8) is 0 Å². The van der Waals surface area contributed by atoms with Crippen LogP contribution in [0.2, 0.25) is 5.02 Å². The van der Waals surface area contributed by atoms with E-state index in [2.05, 4.69) is 15.5 Å². The molecular formula is C28H31ClN6O6S. The Balaban J connectivity index is 1.55. The van der Waals surface area contributed by atoms with Crippen LogP contribution in [-0.4, -0.2) is 74.4 Å². The summed E-state index contributed by atoms with van der Waals surface area (Å²) in [7, 11) is -4.03. The Bertz CT molecular complexity index is 1610. The number of nitrogens with two attached hydrogens (primary N) is 1. The summed E-state index contributed by atoms with van der Waals surface area (Å²) >= 11 is 6.37. The molecule has 1 saturated carbocycles. The predicted molar refractivity (Wildman–Crippen MR) is 157 cm³/mol. The average molecular weight is 615 g/mol. The Hall–Kier alpha value is -3.78. The van der Waals surface area contributed by atoms with E-state index < -0.39 is 26.5 Å². The van der Waals surface area contributed by atoms with Gasteiger partial charge in [0.05, 0.1) is 41.5 Å². The summed E-state index contributed by atoms with van der Waals surface area (Å²) in [5.41, 5.74) is 6.94. The van der Waals surface area contributed by atoms with Crippen LogP contribution in [0.4, 0.5) is 16.3 Å². The van der Waals surface area contributed by atoms with Crippen LogP contribution >= 0.6 is 11.6 Å². The van der Waals surface area contributed by atoms with Crippen molar-refractivity contribution in [3.05, 3.63) is 64.8 Å². The minimum Gasteiger partial charge on any atom is -0.395 e. The Morgan fingerprint density at radius 3 is 2.52 bits per heavy atom. The van der Waals surface area contributed by atoms with Crippen molar-refractivity contribution in [1.29, 1.82) is 0 Å². The highest BCUT2D eigenvalue weighted by molar-refractivity contribution is 7.92. The van der Waals surface area contributed by atoms with Crippen molar-refractivity contribution in [2.24, 2.45) is 5.73 Å². The number of rotatable bonds is 9. The number of primary amides is 1. The van der Waals surface area contributed by atoms with Gasteiger partial charge in [-0.2, -0.15) is 0 Å². The van der Waals surface area contributed by atoms with Crippen LogP contribution in [0.1, 0.15) is 35.8 Å². The summed E-state index contributed by atoms with van der Waals surface area (Å²) in [5.74, 6) is 0.195. The molecule has 0 spiro atoms. The van der Waals surface area contributed by atoms with E-state index in [1.807, 2.05) is 6.92 Å². The SMILES string of the molecule is C[C@H]1COCCN1c1cc(C2(S(=O)(=O)c3ccc(C(N)=O)cc3Cl)CC2)nc(-c2ccc(NC(=O)NCCO)cc2)n1. The molecule has 2 aliphatic rings. The van der Waals surface area contributed by atoms with E-state index in [1.165, 1.54) is 18.2 Å². The lowest BCUT2D eigenvalue weighted by Gasteiger charge is -2.34. The summed E-state index contributed by atoms with van der Waals surface area (Å²) in [5, 5.41) is 14.0. The third-order valence-corrected chi connectivity index (χ3v) is 10.4. The van der Waals surface area contributed by atoms with Crippen molar-refractivity contribution >= 4 is 44.9 Å². The van der Waals surface area contributed by atoms with Gasteiger partial charge in [0.15, 0.2) is 15.7 Å². The maximum atomic E-state index is 14.1. The third kappa shape index (κ3) is 5.77. The van der Waals surface area contributed by atoms with Gasteiger partial charge in [0.1, 0.15) is 10.6 Å². The fraction of sp³-hybridized carbons (Fsp3) is 0.357. The van der Waals surface area contributed by atoms with Crippen LogP contribution in [0.3, 0.4) is 0 Å². The van der Waals surface area contributed by atoms with Gasteiger partial charge < -0.3 is 31.1 Å². The number of halogens is 1. The number of nitrogens with one attached hydrogen (secondary N) is 2. The Morgan fingerprint density at radius 2 is 1.90 bits per heavy atom. The van der Waals surface area contributed by atoms with E-state index in [0.717, 1.165) is 0 Å². The lowest BCUT2D eigenvalue weighted by molar-refractivity contribution is 0.0985. The van der Waals surface area contributed by atoms with Gasteiger partial charge in [0, 0.05) is 36.0 Å². The van der Waals surface area contributed by atoms with Crippen LogP contribution in [-0.2, 0) is 19.3 Å². The molecule has 5 N–H and O–H groups in total. The number of morpholine rings is 1. The van der Waals surface area contributed by atoms with Crippen LogP contribution < -0.4 is 21.3 Å². The Kier molecular flexibility index (Phi) is 8.37. The largest absolute Gasteiger partial charge is 0.395 e. The summed E-state index contributed by atoms with van der Waals surface area (Å²) < 4.78 is 32.4. The van der Waals surface area contributed by atoms with Crippen LogP contribution in [0.5, 0.6) is 0 Å². The summed E-state index contributed by atoms with van der Waals surface area (Å²) in [6.07, 6.45) is 0.674. The van der Waals surface area contributed by atoms with Crippen LogP contribution in [0.15, 0.2) is 53.4 Å². The first-order chi connectivity index (χ1) is 20.1. The molecule has 2 fully saturated rings. The number of benzene rings is 2. The number of nitrogens with zero attached hydrogens (tertiary/aromatic N) is 3. The summed E-state index contributed by atoms with van der Waals surface area (Å²) in [6.45, 7) is 3.53. The first-order valence-corrected chi connectivity index (χ1v) is 15.3. The number of hydrogen-bond donors (Lipinski definition) is 4. The van der Waals surface area contributed by atoms with E-state index >= 15 is 0 Å². The molecule has 0 radical (unpaired) electrons. The van der Waals surface area contributed by atoms with Crippen molar-refractivity contribution in [2.75, 3.05) is 43.1 Å². The van der Waals surface area contributed by atoms with Crippen molar-refractivity contribution in [3.8, 4) is 11.4 Å². The number of ether oxygens (including phenoxy) is 1. The van der Waals surface area contributed by atoms with Crippen LogP contribution in [0.25, 0.3) is 11.4 Å². The smallest absolute Gasteiger partial charge is 0.319 e. The summed E-state index contributed by atoms with van der Waals surface area (Å²) in [6, 6.07) is 12.0. The van der Waals surface area contributed by atoms with Gasteiger partial charge in [0.2, 0.25) is 5.91 Å². The quantitative estimate of drug-likeness (QED) is 0.282. The van der Waals surface area contributed by atoms with Gasteiger partial charge in [0.25, 0.3) is 0 Å². The van der Waals surface area contributed by atoms with Gasteiger partial charge in [-0.3, -0.25) is 4.79 Å². The predicted octanol–water partition coefficient (Wildman–Crippen LogP) is 2.70. The number of carbonyl (C=O) groups excluding carboxylic acids is 2. The molecule has 1 aliphatic heterocycles. The van der Waals surface area contributed by atoms with Gasteiger partial charge in [-0.25, -0.2) is 23.2 Å². The zero-order valence-corrected chi connectivity index (χ0v) is 24.4. The molecule has 14 heteroatoms. The number of amides is 3. The number of carbonyl (C=O) groups is 2. The van der Waals surface area contributed by atoms with E-state index in [-0.39, 0.29) is 34.7 Å². The van der Waals surface area contributed by atoms with E-state index in [0.29, 0.717) is 61.2 Å². The maximum absolute atomic E-state index is 14.1. The molecule has 0 unspecified atom stereocenters. The molecule has 1 aromatic heterocycles. The highest BCUT2D eigenvalue weighted by Gasteiger charge is 2.58. The van der Waals surface area contributed by atoms with E-state index in [9.17, 15) is 18.0 Å². The summed E-state index contributed by atoms with van der Waals surface area (Å²) in [4.78, 5) is 35.1. The molecule has 2 aromatic carbocycles. The zero-order valence-electron chi connectivity index (χ0n) is 22.8. The maximum Gasteiger partial charge on any atom is 0.319 e. The van der Waals surface area contributed by atoms with Gasteiger partial charge in [-0.1, -0.05) is 11.6 Å². The van der Waals surface area contributed by atoms with E-state index in [4.69, 9.17) is 37.1 Å². The second kappa shape index (κ2) is 11.8. The molecular weight excluding hydrogens is 584 g/mol. The zero-order chi connectivity index (χ0) is 30.1. The van der Waals surface area contributed by atoms with Crippen molar-refractivity contribution in [2.45, 2.75) is 35.4 Å². The number of aliphatic hydroxyl groups excluding tert-OH is 1. The molecule has 1 atom stereocenters. The lowest BCUT2D eigenvalue weighted by atomic mass is 10.1. The van der Waals surface area contributed by atoms with Gasteiger partial charge >= 0.3 is 6.03 Å². The van der Waals surface area contributed by atoms with Crippen LogP contribution in [0, 0.1) is 0 Å². The fourth-order valence-electron chi connectivity index (χ4n) is 4.92. The first kappa shape index (κ1) is 29.7. The first-order valence-electron chi connectivity index (χ1n) is 13.4. The average Bonchev–Trinajstić information content (AvgIpc) is 3.79. The molecule has 0 bridgehead atoms. The highest BCUT2D eigenvalue weighted by atomic mass is 35.5. The Morgan fingerprint density at radius 1 is 1.17 bits per heavy atom. The number of urea groups is 1. The number of anilines is 2. The number of sulfone groups is 1. The molecule has 1 aliphatic carbocycles. The molecule has 12 nitrogen and oxygen atoms in total. The number of aliphatic hydroxyl groups is 1. The van der Waals surface area contributed by atoms with Crippen molar-refractivity contribution in [1.82, 2.24) is 15.3 Å². The van der Waals surface area contributed by atoms with Gasteiger partial charge in [-0.15, -0.1) is 0 Å². The molecule has 5 rings (SSSR count). The molecule has 222 valence electrons. The number of aromatic nitrogens is 2. The minimum absolute atomic E-state index is 0.000841. The third-order valence-electron chi connectivity index (χ3n) is 7.36. The standard InChI is InChI=1S/C28H31ClN6O6S/c1-17-16-41-13-11-35(17)24-15-23(28(8-9-28)42(39,40)22-7-4-19(25(30)37)14-21(22)29)33-26(34-24)18-2-5-20(6-3-18)32-27(38)31-10-12-36/h2-7,14-15,17,36H,8-13,16H2,1H3,(H2,30,37)(H2,31,32,38)/t17-/m0/s1. The minimum atomic E-state index is -4.03. The number of hydrogen-bond acceptors (Lipinski definition) is 9. The fourth-order valence-corrected chi connectivity index (χ4v) is 7.41. The van der Waals surface area contributed by atoms with Crippen molar-refractivity contribution < 1.29 is 27.9 Å². The normalized spacial score (nSPS) is 17.9. The lowest BCUT2D eigenvalue weighted by Crippen LogP contribution is -2.44. The molecule has 3 aromatic rings. The topological polar surface area (TPSA) is 177 Å². The Labute approximate surface area is 248 Å². The molecule has 3 amide bonds. The molecule has 1 saturated heterocycles. The molecule has 42 heavy (non-hydrogen) atoms. The molecule has 2 heterocycles. The second-order valence-corrected chi connectivity index (χ2v) is 12.9. The van der Waals surface area contributed by atoms with Gasteiger partial charge in [-0.05, 0) is 62.2 Å². The van der Waals surface area contributed by atoms with E-state index in [1.54, 1.807) is 30.3 Å². The highest BCUT2D eigenvalue weighted by Crippen LogP contribution is 2.56. The monoisotopic (exact) mass is 614 g/mol.